The van der Waals surface area contributed by atoms with E-state index in [9.17, 15) is 4.79 Å². The van der Waals surface area contributed by atoms with Crippen molar-refractivity contribution in [2.24, 2.45) is 5.92 Å². The highest BCUT2D eigenvalue weighted by Crippen LogP contribution is 2.13. The number of rotatable bonds is 4. The smallest absolute Gasteiger partial charge is 0.339 e. The van der Waals surface area contributed by atoms with Crippen molar-refractivity contribution in [3.8, 4) is 6.01 Å². The Morgan fingerprint density at radius 3 is 2.73 bits per heavy atom. The number of hydrogen-bond acceptors (Lipinski definition) is 4. The van der Waals surface area contributed by atoms with Gasteiger partial charge in [-0.25, -0.2) is 9.78 Å². The molecule has 0 unspecified atom stereocenters. The topological polar surface area (TPSA) is 72.3 Å². The summed E-state index contributed by atoms with van der Waals surface area (Å²) in [7, 11) is 1.45. The largest absolute Gasteiger partial charge is 0.478 e. The molecule has 1 N–H and O–H groups in total. The summed E-state index contributed by atoms with van der Waals surface area (Å²) < 4.78 is 4.86. The van der Waals surface area contributed by atoms with E-state index < -0.39 is 5.97 Å². The van der Waals surface area contributed by atoms with Crippen molar-refractivity contribution in [1.29, 1.82) is 0 Å². The number of carboxylic acid groups (broad SMARTS) is 1. The van der Waals surface area contributed by atoms with Crippen molar-refractivity contribution in [3.63, 3.8) is 0 Å². The fourth-order valence-corrected chi connectivity index (χ4v) is 1.22. The molecule has 5 heteroatoms. The quantitative estimate of drug-likeness (QED) is 0.812. The standard InChI is InChI=1S/C10H14N2O3/c1-6(2)4-8-7(9(13)14)5-11-10(12-8)15-3/h5-6H,4H2,1-3H3,(H,13,14). The van der Waals surface area contributed by atoms with E-state index in [1.54, 1.807) is 0 Å². The molecule has 0 spiro atoms. The van der Waals surface area contributed by atoms with E-state index in [-0.39, 0.29) is 11.6 Å². The molecule has 5 nitrogen and oxygen atoms in total. The molecule has 0 atom stereocenters. The summed E-state index contributed by atoms with van der Waals surface area (Å²) >= 11 is 0. The molecule has 1 aromatic heterocycles. The Morgan fingerprint density at radius 1 is 1.60 bits per heavy atom. The fraction of sp³-hybridized carbons (Fsp3) is 0.500. The average Bonchev–Trinajstić information content (AvgIpc) is 2.16. The summed E-state index contributed by atoms with van der Waals surface area (Å²) in [5, 5.41) is 8.92. The first-order valence-electron chi connectivity index (χ1n) is 4.67. The molecule has 1 rings (SSSR count). The minimum absolute atomic E-state index is 0.143. The lowest BCUT2D eigenvalue weighted by atomic mass is 10.0. The van der Waals surface area contributed by atoms with Crippen molar-refractivity contribution < 1.29 is 14.6 Å². The maximum atomic E-state index is 10.9. The Bertz CT molecular complexity index is 364. The molecule has 0 aromatic carbocycles. The Labute approximate surface area is 88.1 Å². The van der Waals surface area contributed by atoms with E-state index in [4.69, 9.17) is 9.84 Å². The zero-order chi connectivity index (χ0) is 11.4. The Balaban J connectivity index is 3.10. The third-order valence-corrected chi connectivity index (χ3v) is 1.86. The van der Waals surface area contributed by atoms with Crippen molar-refractivity contribution >= 4 is 5.97 Å². The number of carbonyl (C=O) groups is 1. The summed E-state index contributed by atoms with van der Waals surface area (Å²) in [6.45, 7) is 4.00. The maximum absolute atomic E-state index is 10.9. The van der Waals surface area contributed by atoms with Gasteiger partial charge in [0.1, 0.15) is 0 Å². The molecule has 0 bridgehead atoms. The van der Waals surface area contributed by atoms with E-state index in [0.717, 1.165) is 0 Å². The second-order valence-corrected chi connectivity index (χ2v) is 3.62. The molecular weight excluding hydrogens is 196 g/mol. The summed E-state index contributed by atoms with van der Waals surface area (Å²) in [6.07, 6.45) is 1.88. The van der Waals surface area contributed by atoms with Gasteiger partial charge in [0, 0.05) is 6.20 Å². The summed E-state index contributed by atoms with van der Waals surface area (Å²) in [5.41, 5.74) is 0.661. The lowest BCUT2D eigenvalue weighted by molar-refractivity contribution is 0.0694. The number of aromatic carboxylic acids is 1. The summed E-state index contributed by atoms with van der Waals surface area (Å²) in [5.74, 6) is -0.670. The number of ether oxygens (including phenoxy) is 1. The van der Waals surface area contributed by atoms with Gasteiger partial charge >= 0.3 is 12.0 Å². The minimum Gasteiger partial charge on any atom is -0.478 e. The van der Waals surface area contributed by atoms with Crippen LogP contribution in [0.4, 0.5) is 0 Å². The zero-order valence-electron chi connectivity index (χ0n) is 9.02. The van der Waals surface area contributed by atoms with Crippen molar-refractivity contribution in [1.82, 2.24) is 9.97 Å². The van der Waals surface area contributed by atoms with Gasteiger partial charge in [0.2, 0.25) is 0 Å². The highest BCUT2D eigenvalue weighted by Gasteiger charge is 2.14. The van der Waals surface area contributed by atoms with Crippen LogP contribution in [0.3, 0.4) is 0 Å². The van der Waals surface area contributed by atoms with Crippen molar-refractivity contribution in [2.75, 3.05) is 7.11 Å². The number of carboxylic acids is 1. The van der Waals surface area contributed by atoms with Crippen molar-refractivity contribution in [3.05, 3.63) is 17.5 Å². The third-order valence-electron chi connectivity index (χ3n) is 1.86. The Kier molecular flexibility index (Phi) is 3.60. The van der Waals surface area contributed by atoms with Gasteiger partial charge in [-0.1, -0.05) is 13.8 Å². The molecule has 0 aliphatic carbocycles. The van der Waals surface area contributed by atoms with E-state index in [1.165, 1.54) is 13.3 Å². The molecule has 1 aromatic rings. The van der Waals surface area contributed by atoms with Gasteiger partial charge in [-0.3, -0.25) is 0 Å². The van der Waals surface area contributed by atoms with Crippen LogP contribution in [0.15, 0.2) is 6.20 Å². The molecule has 0 amide bonds. The van der Waals surface area contributed by atoms with Crippen LogP contribution in [-0.4, -0.2) is 28.2 Å². The van der Waals surface area contributed by atoms with Crippen LogP contribution < -0.4 is 4.74 Å². The lowest BCUT2D eigenvalue weighted by Crippen LogP contribution is -2.09. The molecule has 0 saturated carbocycles. The number of hydrogen-bond donors (Lipinski definition) is 1. The molecule has 82 valence electrons. The lowest BCUT2D eigenvalue weighted by Gasteiger charge is -2.08. The van der Waals surface area contributed by atoms with Crippen LogP contribution in [0.2, 0.25) is 0 Å². The fourth-order valence-electron chi connectivity index (χ4n) is 1.22. The van der Waals surface area contributed by atoms with Crippen LogP contribution >= 0.6 is 0 Å². The summed E-state index contributed by atoms with van der Waals surface area (Å²) in [6, 6.07) is 0.204. The predicted octanol–water partition coefficient (Wildman–Crippen LogP) is 1.38. The first-order valence-corrected chi connectivity index (χ1v) is 4.67. The zero-order valence-corrected chi connectivity index (χ0v) is 9.02. The molecule has 0 fully saturated rings. The van der Waals surface area contributed by atoms with Gasteiger partial charge < -0.3 is 9.84 Å². The van der Waals surface area contributed by atoms with E-state index in [1.807, 2.05) is 13.8 Å². The third kappa shape index (κ3) is 2.90. The summed E-state index contributed by atoms with van der Waals surface area (Å²) in [4.78, 5) is 18.7. The number of aromatic nitrogens is 2. The second kappa shape index (κ2) is 4.72. The van der Waals surface area contributed by atoms with Crippen LogP contribution in [0.25, 0.3) is 0 Å². The van der Waals surface area contributed by atoms with Gasteiger partial charge in [0.15, 0.2) is 0 Å². The van der Waals surface area contributed by atoms with Crippen LogP contribution in [0.1, 0.15) is 29.9 Å². The number of methoxy groups -OCH3 is 1. The van der Waals surface area contributed by atoms with Gasteiger partial charge in [0.25, 0.3) is 0 Å². The van der Waals surface area contributed by atoms with Gasteiger partial charge in [0.05, 0.1) is 18.4 Å². The molecular formula is C10H14N2O3. The highest BCUT2D eigenvalue weighted by molar-refractivity contribution is 5.88. The SMILES string of the molecule is COc1ncc(C(=O)O)c(CC(C)C)n1. The van der Waals surface area contributed by atoms with E-state index >= 15 is 0 Å². The predicted molar refractivity (Wildman–Crippen MR) is 54.1 cm³/mol. The normalized spacial score (nSPS) is 10.4. The van der Waals surface area contributed by atoms with Crippen LogP contribution in [0.5, 0.6) is 6.01 Å². The second-order valence-electron chi connectivity index (χ2n) is 3.62. The molecule has 15 heavy (non-hydrogen) atoms. The van der Waals surface area contributed by atoms with Gasteiger partial charge in [-0.05, 0) is 12.3 Å². The molecule has 0 aliphatic rings. The molecule has 1 heterocycles. The van der Waals surface area contributed by atoms with Crippen LogP contribution in [-0.2, 0) is 6.42 Å². The van der Waals surface area contributed by atoms with E-state index in [0.29, 0.717) is 18.0 Å². The molecule has 0 saturated heterocycles. The number of nitrogens with zero attached hydrogens (tertiary/aromatic N) is 2. The molecule has 0 aliphatic heterocycles. The van der Waals surface area contributed by atoms with Crippen LogP contribution in [0, 0.1) is 5.92 Å². The maximum Gasteiger partial charge on any atom is 0.339 e. The average molecular weight is 210 g/mol. The Hall–Kier alpha value is -1.65. The first-order chi connectivity index (χ1) is 7.04. The minimum atomic E-state index is -1.01. The van der Waals surface area contributed by atoms with Crippen molar-refractivity contribution in [2.45, 2.75) is 20.3 Å². The Morgan fingerprint density at radius 2 is 2.27 bits per heavy atom. The highest BCUT2D eigenvalue weighted by atomic mass is 16.5. The van der Waals surface area contributed by atoms with Gasteiger partial charge in [-0.2, -0.15) is 4.98 Å². The first kappa shape index (κ1) is 11.4. The molecule has 0 radical (unpaired) electrons. The monoisotopic (exact) mass is 210 g/mol. The van der Waals surface area contributed by atoms with E-state index in [2.05, 4.69) is 9.97 Å². The van der Waals surface area contributed by atoms with Gasteiger partial charge in [-0.15, -0.1) is 0 Å².